The molecular formula is C16H18FN3O3. The van der Waals surface area contributed by atoms with Crippen molar-refractivity contribution in [3.05, 3.63) is 42.0 Å². The van der Waals surface area contributed by atoms with Crippen LogP contribution < -0.4 is 10.6 Å². The van der Waals surface area contributed by atoms with Crippen molar-refractivity contribution >= 4 is 5.91 Å². The predicted octanol–water partition coefficient (Wildman–Crippen LogP) is 0.720. The van der Waals surface area contributed by atoms with Crippen molar-refractivity contribution in [3.63, 3.8) is 0 Å². The van der Waals surface area contributed by atoms with E-state index < -0.39 is 6.10 Å². The summed E-state index contributed by atoms with van der Waals surface area (Å²) in [7, 11) is 0. The lowest BCUT2D eigenvalue weighted by atomic mass is 10.1. The number of halogens is 1. The molecule has 1 fully saturated rings. The lowest BCUT2D eigenvalue weighted by Gasteiger charge is -2.13. The quantitative estimate of drug-likeness (QED) is 0.756. The molecular weight excluding hydrogens is 301 g/mol. The number of hydrogen-bond donors (Lipinski definition) is 3. The van der Waals surface area contributed by atoms with Gasteiger partial charge in [-0.2, -0.15) is 0 Å². The minimum Gasteiger partial charge on any atom is -0.444 e. The topological polar surface area (TPSA) is 87.4 Å². The third-order valence-electron chi connectivity index (χ3n) is 3.85. The number of β-amino-alcohol motifs (C(OH)–C–C–N with tert-alkyl or cyclic N) is 1. The average Bonchev–Trinajstić information content (AvgIpc) is 3.15. The molecule has 0 aliphatic carbocycles. The number of hydrogen-bond acceptors (Lipinski definition) is 5. The van der Waals surface area contributed by atoms with Crippen molar-refractivity contribution in [3.8, 4) is 11.5 Å². The van der Waals surface area contributed by atoms with Crippen molar-refractivity contribution in [1.82, 2.24) is 15.6 Å². The van der Waals surface area contributed by atoms with Crippen LogP contribution in [0.3, 0.4) is 0 Å². The zero-order chi connectivity index (χ0) is 16.2. The molecule has 3 N–H and O–H groups in total. The van der Waals surface area contributed by atoms with E-state index in [0.717, 1.165) is 0 Å². The largest absolute Gasteiger partial charge is 0.444 e. The number of nitrogens with one attached hydrogen (secondary N) is 2. The molecule has 0 saturated carbocycles. The number of carbonyl (C=O) groups excluding carboxylic acids is 1. The van der Waals surface area contributed by atoms with Gasteiger partial charge in [0, 0.05) is 31.1 Å². The monoisotopic (exact) mass is 319 g/mol. The zero-order valence-electron chi connectivity index (χ0n) is 12.5. The number of aliphatic hydroxyl groups excluding tert-OH is 1. The fourth-order valence-electron chi connectivity index (χ4n) is 2.51. The van der Waals surface area contributed by atoms with E-state index >= 15 is 0 Å². The highest BCUT2D eigenvalue weighted by molar-refractivity contribution is 5.78. The predicted molar refractivity (Wildman–Crippen MR) is 81.0 cm³/mol. The molecule has 1 aliphatic rings. The van der Waals surface area contributed by atoms with Gasteiger partial charge in [-0.3, -0.25) is 4.79 Å². The van der Waals surface area contributed by atoms with Crippen molar-refractivity contribution in [2.75, 3.05) is 19.6 Å². The SMILES string of the molecule is O=C(Cc1coc(-c2ccc(F)cc2)n1)NCC1CNCC1O. The van der Waals surface area contributed by atoms with Gasteiger partial charge < -0.3 is 20.2 Å². The third kappa shape index (κ3) is 3.94. The Morgan fingerprint density at radius 1 is 1.39 bits per heavy atom. The Kier molecular flexibility index (Phi) is 4.68. The van der Waals surface area contributed by atoms with Crippen molar-refractivity contribution in [2.45, 2.75) is 12.5 Å². The van der Waals surface area contributed by atoms with Crippen molar-refractivity contribution in [1.29, 1.82) is 0 Å². The normalized spacial score (nSPS) is 20.6. The van der Waals surface area contributed by atoms with Gasteiger partial charge in [-0.05, 0) is 24.3 Å². The van der Waals surface area contributed by atoms with E-state index in [1.807, 2.05) is 0 Å². The molecule has 1 aliphatic heterocycles. The fraction of sp³-hybridized carbons (Fsp3) is 0.375. The van der Waals surface area contributed by atoms with Gasteiger partial charge in [-0.1, -0.05) is 0 Å². The molecule has 1 saturated heterocycles. The second-order valence-electron chi connectivity index (χ2n) is 5.62. The van der Waals surface area contributed by atoms with E-state index in [9.17, 15) is 14.3 Å². The summed E-state index contributed by atoms with van der Waals surface area (Å²) in [6.07, 6.45) is 1.10. The highest BCUT2D eigenvalue weighted by atomic mass is 19.1. The number of carbonyl (C=O) groups is 1. The van der Waals surface area contributed by atoms with Crippen molar-refractivity contribution in [2.24, 2.45) is 5.92 Å². The first-order valence-corrected chi connectivity index (χ1v) is 7.47. The Morgan fingerprint density at radius 2 is 2.17 bits per heavy atom. The van der Waals surface area contributed by atoms with Crippen molar-refractivity contribution < 1.29 is 18.7 Å². The Labute approximate surface area is 132 Å². The number of rotatable bonds is 5. The molecule has 6 nitrogen and oxygen atoms in total. The van der Waals surface area contributed by atoms with Gasteiger partial charge in [0.25, 0.3) is 0 Å². The summed E-state index contributed by atoms with van der Waals surface area (Å²) < 4.78 is 18.2. The zero-order valence-corrected chi connectivity index (χ0v) is 12.5. The number of aromatic nitrogens is 1. The Bertz CT molecular complexity index is 671. The fourth-order valence-corrected chi connectivity index (χ4v) is 2.51. The maximum Gasteiger partial charge on any atom is 0.226 e. The molecule has 0 spiro atoms. The van der Waals surface area contributed by atoms with Crippen LogP contribution in [0, 0.1) is 11.7 Å². The van der Waals surface area contributed by atoms with E-state index in [2.05, 4.69) is 15.6 Å². The van der Waals surface area contributed by atoms with Gasteiger partial charge in [0.15, 0.2) is 0 Å². The molecule has 1 amide bonds. The first-order valence-electron chi connectivity index (χ1n) is 7.47. The van der Waals surface area contributed by atoms with Crippen LogP contribution in [-0.4, -0.2) is 41.7 Å². The summed E-state index contributed by atoms with van der Waals surface area (Å²) in [5, 5.41) is 15.5. The molecule has 23 heavy (non-hydrogen) atoms. The molecule has 1 aromatic heterocycles. The van der Waals surface area contributed by atoms with Crippen LogP contribution in [-0.2, 0) is 11.2 Å². The Hall–Kier alpha value is -2.25. The first kappa shape index (κ1) is 15.6. The van der Waals surface area contributed by atoms with Crippen LogP contribution in [0.4, 0.5) is 4.39 Å². The first-order chi connectivity index (χ1) is 11.1. The molecule has 2 aromatic rings. The Balaban J connectivity index is 1.54. The summed E-state index contributed by atoms with van der Waals surface area (Å²) in [5.41, 5.74) is 1.16. The second kappa shape index (κ2) is 6.89. The molecule has 2 unspecified atom stereocenters. The van der Waals surface area contributed by atoms with Gasteiger partial charge in [0.2, 0.25) is 11.8 Å². The van der Waals surface area contributed by atoms with E-state index in [-0.39, 0.29) is 24.1 Å². The van der Waals surface area contributed by atoms with E-state index in [1.165, 1.54) is 18.4 Å². The van der Waals surface area contributed by atoms with Crippen LogP contribution in [0.1, 0.15) is 5.69 Å². The second-order valence-corrected chi connectivity index (χ2v) is 5.62. The minimum absolute atomic E-state index is 0.0334. The van der Waals surface area contributed by atoms with E-state index in [1.54, 1.807) is 12.1 Å². The van der Waals surface area contributed by atoms with Gasteiger partial charge in [-0.15, -0.1) is 0 Å². The molecule has 1 aromatic carbocycles. The Morgan fingerprint density at radius 3 is 2.87 bits per heavy atom. The minimum atomic E-state index is -0.424. The lowest BCUT2D eigenvalue weighted by Crippen LogP contribution is -2.35. The molecule has 0 bridgehead atoms. The average molecular weight is 319 g/mol. The molecule has 3 rings (SSSR count). The van der Waals surface area contributed by atoms with Gasteiger partial charge in [0.1, 0.15) is 12.1 Å². The summed E-state index contributed by atoms with van der Waals surface area (Å²) in [4.78, 5) is 16.2. The third-order valence-corrected chi connectivity index (χ3v) is 3.85. The van der Waals surface area contributed by atoms with E-state index in [4.69, 9.17) is 4.42 Å². The van der Waals surface area contributed by atoms with Gasteiger partial charge >= 0.3 is 0 Å². The molecule has 7 heteroatoms. The number of oxazole rings is 1. The highest BCUT2D eigenvalue weighted by Gasteiger charge is 2.25. The lowest BCUT2D eigenvalue weighted by molar-refractivity contribution is -0.120. The highest BCUT2D eigenvalue weighted by Crippen LogP contribution is 2.19. The summed E-state index contributed by atoms with van der Waals surface area (Å²) in [6, 6.07) is 5.79. The molecule has 0 radical (unpaired) electrons. The smallest absolute Gasteiger partial charge is 0.226 e. The maximum absolute atomic E-state index is 12.9. The van der Waals surface area contributed by atoms with Gasteiger partial charge in [0.05, 0.1) is 18.2 Å². The van der Waals surface area contributed by atoms with E-state index in [0.29, 0.717) is 36.8 Å². The molecule has 2 heterocycles. The van der Waals surface area contributed by atoms with Crippen LogP contribution in [0.5, 0.6) is 0 Å². The molecule has 2 atom stereocenters. The van der Waals surface area contributed by atoms with Crippen LogP contribution >= 0.6 is 0 Å². The summed E-state index contributed by atoms with van der Waals surface area (Å²) >= 11 is 0. The number of nitrogens with zero attached hydrogens (tertiary/aromatic N) is 1. The number of aliphatic hydroxyl groups is 1. The van der Waals surface area contributed by atoms with Crippen LogP contribution in [0.15, 0.2) is 34.9 Å². The van der Waals surface area contributed by atoms with Gasteiger partial charge in [-0.25, -0.2) is 9.37 Å². The number of amides is 1. The van der Waals surface area contributed by atoms with Crippen LogP contribution in [0.25, 0.3) is 11.5 Å². The maximum atomic E-state index is 12.9. The molecule has 122 valence electrons. The standard InChI is InChI=1S/C16H18FN3O3/c17-12-3-1-10(2-4-12)16-20-13(9-23-16)5-15(22)19-7-11-6-18-8-14(11)21/h1-4,9,11,14,18,21H,5-8H2,(H,19,22). The summed E-state index contributed by atoms with van der Waals surface area (Å²) in [6.45, 7) is 1.68. The summed E-state index contributed by atoms with van der Waals surface area (Å²) in [5.74, 6) is -0.124. The number of benzene rings is 1. The van der Waals surface area contributed by atoms with Crippen LogP contribution in [0.2, 0.25) is 0 Å².